The second-order valence-electron chi connectivity index (χ2n) is 9.26. The van der Waals surface area contributed by atoms with Gasteiger partial charge in [0, 0.05) is 56.2 Å². The largest absolute Gasteiger partial charge is 0.379 e. The van der Waals surface area contributed by atoms with Gasteiger partial charge < -0.3 is 14.2 Å². The van der Waals surface area contributed by atoms with Crippen molar-refractivity contribution in [3.63, 3.8) is 0 Å². The van der Waals surface area contributed by atoms with Crippen LogP contribution in [0.5, 0.6) is 0 Å². The zero-order chi connectivity index (χ0) is 22.6. The van der Waals surface area contributed by atoms with E-state index in [1.54, 1.807) is 11.8 Å². The van der Waals surface area contributed by atoms with E-state index in [1.807, 2.05) is 11.1 Å². The molecule has 2 aliphatic heterocycles. The fraction of sp³-hybridized carbons (Fsp3) is 0.667. The highest BCUT2D eigenvalue weighted by molar-refractivity contribution is 7.99. The molecule has 1 amide bonds. The molecule has 8 nitrogen and oxygen atoms in total. The maximum atomic E-state index is 13.3. The first kappa shape index (κ1) is 22.8. The van der Waals surface area contributed by atoms with Gasteiger partial charge in [-0.05, 0) is 51.0 Å². The number of thioether (sulfide) groups is 1. The van der Waals surface area contributed by atoms with Gasteiger partial charge in [-0.15, -0.1) is 0 Å². The number of carbonyl (C=O) groups excluding carboxylic acids is 1. The van der Waals surface area contributed by atoms with Gasteiger partial charge in [0.2, 0.25) is 5.76 Å². The average Bonchev–Trinajstić information content (AvgIpc) is 3.29. The van der Waals surface area contributed by atoms with Gasteiger partial charge in [0.15, 0.2) is 5.16 Å². The van der Waals surface area contributed by atoms with Crippen LogP contribution >= 0.6 is 11.8 Å². The summed E-state index contributed by atoms with van der Waals surface area (Å²) >= 11 is 1.71. The molecule has 4 heterocycles. The molecule has 0 N–H and O–H groups in total. The van der Waals surface area contributed by atoms with Gasteiger partial charge in [-0.2, -0.15) is 0 Å². The summed E-state index contributed by atoms with van der Waals surface area (Å²) < 4.78 is 11.0. The van der Waals surface area contributed by atoms with E-state index in [4.69, 9.17) is 14.2 Å². The van der Waals surface area contributed by atoms with E-state index in [1.165, 1.54) is 0 Å². The molecule has 0 bridgehead atoms. The van der Waals surface area contributed by atoms with Crippen molar-refractivity contribution in [2.75, 3.05) is 51.7 Å². The van der Waals surface area contributed by atoms with Crippen LogP contribution in [0.1, 0.15) is 64.7 Å². The standard InChI is InChI=1S/C24H33N5O3S/c1-17-15-25-24(33-14-11-28-9-12-31-13-10-28)26-21(17)18-5-4-8-29(16-18)23(30)22-19-6-2-3-7-20(19)27-32-22/h15,18H,2-14,16H2,1H3/t18-/m0/s1. The Balaban J connectivity index is 1.23. The number of hydrogen-bond acceptors (Lipinski definition) is 8. The summed E-state index contributed by atoms with van der Waals surface area (Å²) in [4.78, 5) is 27.2. The number of amides is 1. The van der Waals surface area contributed by atoms with Crippen LogP contribution in [-0.2, 0) is 17.6 Å². The van der Waals surface area contributed by atoms with Crippen molar-refractivity contribution in [2.45, 2.75) is 56.5 Å². The lowest BCUT2D eigenvalue weighted by molar-refractivity contribution is 0.0410. The van der Waals surface area contributed by atoms with E-state index in [0.717, 1.165) is 111 Å². The van der Waals surface area contributed by atoms with Crippen LogP contribution in [0.15, 0.2) is 15.9 Å². The van der Waals surface area contributed by atoms with Crippen LogP contribution in [0.3, 0.4) is 0 Å². The van der Waals surface area contributed by atoms with Crippen molar-refractivity contribution >= 4 is 17.7 Å². The molecule has 1 atom stereocenters. The summed E-state index contributed by atoms with van der Waals surface area (Å²) in [7, 11) is 0. The fourth-order valence-corrected chi connectivity index (χ4v) is 5.92. The zero-order valence-corrected chi connectivity index (χ0v) is 20.2. The molecule has 0 spiro atoms. The Kier molecular flexibility index (Phi) is 7.27. The molecule has 178 valence electrons. The third kappa shape index (κ3) is 5.25. The van der Waals surface area contributed by atoms with Crippen LogP contribution in [0.2, 0.25) is 0 Å². The summed E-state index contributed by atoms with van der Waals surface area (Å²) in [6.45, 7) is 8.17. The molecule has 2 aromatic heterocycles. The summed E-state index contributed by atoms with van der Waals surface area (Å²) in [5.74, 6) is 1.64. The number of nitrogens with zero attached hydrogens (tertiary/aromatic N) is 5. The lowest BCUT2D eigenvalue weighted by Gasteiger charge is -2.32. The Bertz CT molecular complexity index is 975. The molecule has 3 aliphatic rings. The Morgan fingerprint density at radius 3 is 2.91 bits per heavy atom. The molecule has 5 rings (SSSR count). The van der Waals surface area contributed by atoms with Gasteiger partial charge in [-0.1, -0.05) is 16.9 Å². The third-order valence-electron chi connectivity index (χ3n) is 6.98. The highest BCUT2D eigenvalue weighted by atomic mass is 32.2. The first-order valence-corrected chi connectivity index (χ1v) is 13.2. The first-order chi connectivity index (χ1) is 16.2. The van der Waals surface area contributed by atoms with E-state index in [9.17, 15) is 4.79 Å². The molecular formula is C24H33N5O3S. The molecule has 0 saturated carbocycles. The summed E-state index contributed by atoms with van der Waals surface area (Å²) in [5, 5.41) is 5.01. The Morgan fingerprint density at radius 2 is 2.03 bits per heavy atom. The van der Waals surface area contributed by atoms with Crippen LogP contribution in [0, 0.1) is 6.92 Å². The number of rotatable bonds is 6. The second-order valence-corrected chi connectivity index (χ2v) is 10.3. The number of aromatic nitrogens is 3. The van der Waals surface area contributed by atoms with Gasteiger partial charge in [0.05, 0.1) is 24.6 Å². The quantitative estimate of drug-likeness (QED) is 0.469. The number of fused-ring (bicyclic) bond motifs is 1. The number of piperidine rings is 1. The molecule has 1 aliphatic carbocycles. The Hall–Kier alpha value is -1.97. The van der Waals surface area contributed by atoms with Gasteiger partial charge in [-0.3, -0.25) is 9.69 Å². The van der Waals surface area contributed by atoms with Crippen molar-refractivity contribution in [3.05, 3.63) is 34.5 Å². The van der Waals surface area contributed by atoms with Gasteiger partial charge in [-0.25, -0.2) is 9.97 Å². The minimum absolute atomic E-state index is 0.0119. The maximum Gasteiger partial charge on any atom is 0.292 e. The number of likely N-dealkylation sites (tertiary alicyclic amines) is 1. The molecular weight excluding hydrogens is 438 g/mol. The van der Waals surface area contributed by atoms with Crippen LogP contribution in [0.25, 0.3) is 0 Å². The summed E-state index contributed by atoms with van der Waals surface area (Å²) in [5.41, 5.74) is 4.19. The van der Waals surface area contributed by atoms with Crippen molar-refractivity contribution < 1.29 is 14.1 Å². The van der Waals surface area contributed by atoms with Crippen LogP contribution in [-0.4, -0.2) is 82.5 Å². The lowest BCUT2D eigenvalue weighted by atomic mass is 9.91. The van der Waals surface area contributed by atoms with E-state index in [2.05, 4.69) is 22.0 Å². The molecule has 0 aromatic carbocycles. The molecule has 0 unspecified atom stereocenters. The summed E-state index contributed by atoms with van der Waals surface area (Å²) in [6, 6.07) is 0. The molecule has 0 radical (unpaired) electrons. The summed E-state index contributed by atoms with van der Waals surface area (Å²) in [6.07, 6.45) is 7.98. The van der Waals surface area contributed by atoms with Crippen LogP contribution in [0.4, 0.5) is 0 Å². The second kappa shape index (κ2) is 10.5. The van der Waals surface area contributed by atoms with E-state index < -0.39 is 0 Å². The topological polar surface area (TPSA) is 84.6 Å². The van der Waals surface area contributed by atoms with Gasteiger partial charge in [0.25, 0.3) is 5.91 Å². The van der Waals surface area contributed by atoms with Crippen molar-refractivity contribution in [3.8, 4) is 0 Å². The number of carbonyl (C=O) groups is 1. The van der Waals surface area contributed by atoms with E-state index in [0.29, 0.717) is 12.3 Å². The zero-order valence-electron chi connectivity index (χ0n) is 19.4. The minimum atomic E-state index is -0.0119. The van der Waals surface area contributed by atoms with Crippen molar-refractivity contribution in [1.29, 1.82) is 0 Å². The number of morpholine rings is 1. The maximum absolute atomic E-state index is 13.3. The SMILES string of the molecule is Cc1cnc(SCCN2CCOCC2)nc1[C@H]1CCCN(C(=O)c2onc3c2CCCC3)C1. The Labute approximate surface area is 199 Å². The van der Waals surface area contributed by atoms with Crippen molar-refractivity contribution in [2.24, 2.45) is 0 Å². The lowest BCUT2D eigenvalue weighted by Crippen LogP contribution is -2.39. The first-order valence-electron chi connectivity index (χ1n) is 12.2. The minimum Gasteiger partial charge on any atom is -0.379 e. The smallest absolute Gasteiger partial charge is 0.292 e. The monoisotopic (exact) mass is 471 g/mol. The fourth-order valence-electron chi connectivity index (χ4n) is 5.10. The van der Waals surface area contributed by atoms with Gasteiger partial charge >= 0.3 is 0 Å². The normalized spacial score (nSPS) is 21.7. The molecule has 2 aromatic rings. The van der Waals surface area contributed by atoms with E-state index in [-0.39, 0.29) is 11.8 Å². The number of hydrogen-bond donors (Lipinski definition) is 0. The molecule has 33 heavy (non-hydrogen) atoms. The number of ether oxygens (including phenoxy) is 1. The number of aryl methyl sites for hydroxylation is 2. The molecule has 9 heteroatoms. The highest BCUT2D eigenvalue weighted by Gasteiger charge is 2.32. The highest BCUT2D eigenvalue weighted by Crippen LogP contribution is 2.31. The third-order valence-corrected chi connectivity index (χ3v) is 7.82. The average molecular weight is 472 g/mol. The predicted octanol–water partition coefficient (Wildman–Crippen LogP) is 3.10. The van der Waals surface area contributed by atoms with Gasteiger partial charge in [0.1, 0.15) is 0 Å². The van der Waals surface area contributed by atoms with Crippen molar-refractivity contribution in [1.82, 2.24) is 24.9 Å². The van der Waals surface area contributed by atoms with Crippen LogP contribution < -0.4 is 0 Å². The van der Waals surface area contributed by atoms with E-state index >= 15 is 0 Å². The molecule has 2 fully saturated rings. The predicted molar refractivity (Wildman–Crippen MR) is 126 cm³/mol. The Morgan fingerprint density at radius 1 is 1.18 bits per heavy atom. The molecule has 2 saturated heterocycles.